The maximum Gasteiger partial charge on any atom is 0.336 e. The summed E-state index contributed by atoms with van der Waals surface area (Å²) in [5, 5.41) is 3.39. The number of carbonyl (C=O) groups is 2. The molecule has 1 aromatic carbocycles. The number of carbonyl (C=O) groups excluding carboxylic acids is 2. The van der Waals surface area contributed by atoms with Crippen LogP contribution in [0, 0.1) is 5.41 Å². The highest BCUT2D eigenvalue weighted by Crippen LogP contribution is 2.48. The summed E-state index contributed by atoms with van der Waals surface area (Å²) in [4.78, 5) is 26.7. The van der Waals surface area contributed by atoms with Gasteiger partial charge in [-0.05, 0) is 45.1 Å². The van der Waals surface area contributed by atoms with Crippen LogP contribution in [0.5, 0.6) is 5.75 Å². The second kappa shape index (κ2) is 9.93. The van der Waals surface area contributed by atoms with Gasteiger partial charge in [0.1, 0.15) is 5.75 Å². The van der Waals surface area contributed by atoms with Gasteiger partial charge in [0.25, 0.3) is 0 Å². The smallest absolute Gasteiger partial charge is 0.336 e. The molecule has 1 aliphatic carbocycles. The van der Waals surface area contributed by atoms with Crippen molar-refractivity contribution in [2.75, 3.05) is 6.61 Å². The number of Topliss-reactive ketones (excluding diaryl/α,β-unsaturated/α-hetero) is 1. The molecule has 0 amide bonds. The Morgan fingerprint density at radius 3 is 2.59 bits per heavy atom. The zero-order valence-corrected chi connectivity index (χ0v) is 20.3. The lowest BCUT2D eigenvalue weighted by Gasteiger charge is -2.39. The van der Waals surface area contributed by atoms with Gasteiger partial charge in [0, 0.05) is 29.0 Å². The van der Waals surface area contributed by atoms with Crippen molar-refractivity contribution in [1.29, 1.82) is 0 Å². The first-order chi connectivity index (χ1) is 15.1. The van der Waals surface area contributed by atoms with Gasteiger partial charge in [-0.25, -0.2) is 4.79 Å². The van der Waals surface area contributed by atoms with Gasteiger partial charge < -0.3 is 14.8 Å². The van der Waals surface area contributed by atoms with E-state index >= 15 is 0 Å². The molecule has 3 rings (SSSR count). The Hall–Kier alpha value is -2.56. The summed E-state index contributed by atoms with van der Waals surface area (Å²) in [6.45, 7) is 12.6. The quantitative estimate of drug-likeness (QED) is 0.409. The van der Waals surface area contributed by atoms with Gasteiger partial charge in [-0.2, -0.15) is 0 Å². The van der Waals surface area contributed by atoms with Gasteiger partial charge >= 0.3 is 5.97 Å². The molecule has 5 heteroatoms. The van der Waals surface area contributed by atoms with Gasteiger partial charge in [-0.3, -0.25) is 4.79 Å². The minimum absolute atomic E-state index is 0.0261. The van der Waals surface area contributed by atoms with E-state index in [0.29, 0.717) is 29.9 Å². The molecule has 1 aromatic rings. The number of esters is 1. The van der Waals surface area contributed by atoms with Crippen LogP contribution >= 0.6 is 0 Å². The molecular formula is C27H37NO4. The highest BCUT2D eigenvalue weighted by atomic mass is 16.5. The number of allylic oxidation sites excluding steroid dienone is 3. The van der Waals surface area contributed by atoms with Crippen LogP contribution in [0.1, 0.15) is 85.1 Å². The summed E-state index contributed by atoms with van der Waals surface area (Å²) < 4.78 is 11.8. The fourth-order valence-corrected chi connectivity index (χ4v) is 4.69. The van der Waals surface area contributed by atoms with Crippen molar-refractivity contribution in [2.45, 2.75) is 85.7 Å². The third-order valence-corrected chi connectivity index (χ3v) is 6.03. The van der Waals surface area contributed by atoms with Crippen molar-refractivity contribution in [3.8, 4) is 5.75 Å². The summed E-state index contributed by atoms with van der Waals surface area (Å²) in [6.07, 6.45) is 4.09. The van der Waals surface area contributed by atoms with Gasteiger partial charge in [0.2, 0.25) is 0 Å². The van der Waals surface area contributed by atoms with E-state index < -0.39 is 5.92 Å². The SMILES string of the molecule is CCCCCOC(=O)C1=C(C)NC2=C(C(=O)CC(C)(C)C2)[C@@H]1c1ccccc1OC(C)C. The molecular weight excluding hydrogens is 402 g/mol. The van der Waals surface area contributed by atoms with Crippen LogP contribution in [-0.2, 0) is 14.3 Å². The largest absolute Gasteiger partial charge is 0.491 e. The number of rotatable bonds is 8. The van der Waals surface area contributed by atoms with Gasteiger partial charge in [-0.1, -0.05) is 51.8 Å². The molecule has 1 atom stereocenters. The van der Waals surface area contributed by atoms with Crippen LogP contribution in [0.2, 0.25) is 0 Å². The molecule has 0 spiro atoms. The average molecular weight is 440 g/mol. The number of hydrogen-bond acceptors (Lipinski definition) is 5. The molecule has 0 saturated heterocycles. The Kier molecular flexibility index (Phi) is 7.47. The molecule has 0 saturated carbocycles. The predicted octanol–water partition coefficient (Wildman–Crippen LogP) is 5.81. The van der Waals surface area contributed by atoms with Crippen LogP contribution in [0.15, 0.2) is 46.8 Å². The number of ketones is 1. The standard InChI is InChI=1S/C27H37NO4/c1-7-8-11-14-31-26(30)23-18(4)28-20-15-27(5,6)16-21(29)25(20)24(23)19-12-9-10-13-22(19)32-17(2)3/h9-10,12-13,17,24,28H,7-8,11,14-16H2,1-6H3/t24-/m1/s1. The summed E-state index contributed by atoms with van der Waals surface area (Å²) in [5.74, 6) is -0.0806. The number of para-hydroxylation sites is 1. The van der Waals surface area contributed by atoms with E-state index in [1.807, 2.05) is 45.0 Å². The van der Waals surface area contributed by atoms with Crippen LogP contribution in [0.4, 0.5) is 0 Å². The Labute approximate surface area is 192 Å². The first kappa shape index (κ1) is 24.1. The zero-order valence-electron chi connectivity index (χ0n) is 20.3. The molecule has 0 fully saturated rings. The molecule has 5 nitrogen and oxygen atoms in total. The van der Waals surface area contributed by atoms with E-state index in [4.69, 9.17) is 9.47 Å². The summed E-state index contributed by atoms with van der Waals surface area (Å²) >= 11 is 0. The Bertz CT molecular complexity index is 939. The van der Waals surface area contributed by atoms with Gasteiger partial charge in [0.15, 0.2) is 5.78 Å². The predicted molar refractivity (Wildman–Crippen MR) is 126 cm³/mol. The van der Waals surface area contributed by atoms with Crippen molar-refractivity contribution in [3.63, 3.8) is 0 Å². The van der Waals surface area contributed by atoms with E-state index in [9.17, 15) is 9.59 Å². The Balaban J connectivity index is 2.09. The summed E-state index contributed by atoms with van der Waals surface area (Å²) in [6, 6.07) is 7.72. The normalized spacial score (nSPS) is 20.2. The number of dihydropyridines is 1. The topological polar surface area (TPSA) is 64.6 Å². The Morgan fingerprint density at radius 1 is 1.19 bits per heavy atom. The van der Waals surface area contributed by atoms with Crippen molar-refractivity contribution in [1.82, 2.24) is 5.32 Å². The van der Waals surface area contributed by atoms with Crippen molar-refractivity contribution >= 4 is 11.8 Å². The third-order valence-electron chi connectivity index (χ3n) is 6.03. The molecule has 1 heterocycles. The van der Waals surface area contributed by atoms with Crippen molar-refractivity contribution < 1.29 is 19.1 Å². The maximum atomic E-state index is 13.4. The van der Waals surface area contributed by atoms with Crippen LogP contribution in [-0.4, -0.2) is 24.5 Å². The van der Waals surface area contributed by atoms with E-state index in [-0.39, 0.29) is 23.3 Å². The monoisotopic (exact) mass is 439 g/mol. The molecule has 1 N–H and O–H groups in total. The molecule has 0 radical (unpaired) electrons. The van der Waals surface area contributed by atoms with Crippen molar-refractivity contribution in [3.05, 3.63) is 52.4 Å². The molecule has 174 valence electrons. The number of unbranched alkanes of at least 4 members (excludes halogenated alkanes) is 2. The number of benzene rings is 1. The van der Waals surface area contributed by atoms with Crippen LogP contribution in [0.25, 0.3) is 0 Å². The molecule has 1 aliphatic heterocycles. The summed E-state index contributed by atoms with van der Waals surface area (Å²) in [5.41, 5.74) is 3.56. The first-order valence-corrected chi connectivity index (χ1v) is 11.8. The molecule has 32 heavy (non-hydrogen) atoms. The highest BCUT2D eigenvalue weighted by molar-refractivity contribution is 6.04. The number of ether oxygens (including phenoxy) is 2. The zero-order chi connectivity index (χ0) is 23.5. The summed E-state index contributed by atoms with van der Waals surface area (Å²) in [7, 11) is 0. The number of hydrogen-bond donors (Lipinski definition) is 1. The van der Waals surface area contributed by atoms with E-state index in [1.165, 1.54) is 0 Å². The third kappa shape index (κ3) is 5.25. The number of nitrogens with one attached hydrogen (secondary N) is 1. The molecule has 0 aromatic heterocycles. The minimum atomic E-state index is -0.497. The highest BCUT2D eigenvalue weighted by Gasteiger charge is 2.44. The van der Waals surface area contributed by atoms with Crippen LogP contribution in [0.3, 0.4) is 0 Å². The fourth-order valence-electron chi connectivity index (χ4n) is 4.69. The lowest BCUT2D eigenvalue weighted by atomic mass is 9.68. The molecule has 2 aliphatic rings. The van der Waals surface area contributed by atoms with Gasteiger partial charge in [0.05, 0.1) is 24.2 Å². The lowest BCUT2D eigenvalue weighted by molar-refractivity contribution is -0.139. The van der Waals surface area contributed by atoms with E-state index in [1.54, 1.807) is 0 Å². The average Bonchev–Trinajstić information content (AvgIpc) is 2.69. The lowest BCUT2D eigenvalue weighted by Crippen LogP contribution is -2.38. The molecule has 0 bridgehead atoms. The van der Waals surface area contributed by atoms with E-state index in [2.05, 4.69) is 26.1 Å². The second-order valence-electron chi connectivity index (χ2n) is 9.98. The Morgan fingerprint density at radius 2 is 1.91 bits per heavy atom. The van der Waals surface area contributed by atoms with Gasteiger partial charge in [-0.15, -0.1) is 0 Å². The van der Waals surface area contributed by atoms with Crippen LogP contribution < -0.4 is 10.1 Å². The minimum Gasteiger partial charge on any atom is -0.491 e. The first-order valence-electron chi connectivity index (χ1n) is 11.8. The second-order valence-corrected chi connectivity index (χ2v) is 9.98. The van der Waals surface area contributed by atoms with E-state index in [0.717, 1.165) is 42.6 Å². The van der Waals surface area contributed by atoms with Crippen molar-refractivity contribution in [2.24, 2.45) is 5.41 Å². The fraction of sp³-hybridized carbons (Fsp3) is 0.556. The molecule has 0 unspecified atom stereocenters. The maximum absolute atomic E-state index is 13.4.